The summed E-state index contributed by atoms with van der Waals surface area (Å²) in [6.07, 6.45) is 2.40. The van der Waals surface area contributed by atoms with E-state index in [9.17, 15) is 19.5 Å². The Balaban J connectivity index is 0.964. The fourth-order valence-corrected chi connectivity index (χ4v) is 7.48. The number of furan rings is 1. The van der Waals surface area contributed by atoms with Gasteiger partial charge in [-0.25, -0.2) is 4.79 Å². The highest BCUT2D eigenvalue weighted by atomic mass is 35.5. The molecule has 0 saturated carbocycles. The van der Waals surface area contributed by atoms with Gasteiger partial charge < -0.3 is 34.0 Å². The number of hydrogen-bond acceptors (Lipinski definition) is 8. The number of hydrogen-bond donors (Lipinski definition) is 2. The van der Waals surface area contributed by atoms with E-state index in [-0.39, 0.29) is 31.6 Å². The van der Waals surface area contributed by atoms with E-state index < -0.39 is 36.0 Å². The predicted octanol–water partition coefficient (Wildman–Crippen LogP) is 8.60. The maximum Gasteiger partial charge on any atom is 0.326 e. The van der Waals surface area contributed by atoms with Crippen molar-refractivity contribution in [2.45, 2.75) is 44.2 Å². The number of nitriles is 1. The Morgan fingerprint density at radius 1 is 0.864 bits per heavy atom. The lowest BCUT2D eigenvalue weighted by molar-refractivity contribution is -0.142. The number of carboxylic acid groups (broad SMARTS) is 1. The van der Waals surface area contributed by atoms with Crippen LogP contribution in [0, 0.1) is 11.3 Å². The van der Waals surface area contributed by atoms with Gasteiger partial charge in [0.15, 0.2) is 17.6 Å². The lowest BCUT2D eigenvalue weighted by Crippen LogP contribution is -2.55. The molecule has 0 fully saturated rings. The van der Waals surface area contributed by atoms with E-state index in [0.717, 1.165) is 33.4 Å². The summed E-state index contributed by atoms with van der Waals surface area (Å²) in [5.41, 5.74) is 6.60. The number of carbonyl (C=O) groups excluding carboxylic acids is 2. The van der Waals surface area contributed by atoms with Gasteiger partial charge in [0.2, 0.25) is 5.91 Å². The Morgan fingerprint density at radius 2 is 1.58 bits per heavy atom. The van der Waals surface area contributed by atoms with Crippen LogP contribution in [-0.4, -0.2) is 46.5 Å². The van der Waals surface area contributed by atoms with Crippen LogP contribution < -0.4 is 19.5 Å². The Bertz CT molecular complexity index is 2550. The zero-order chi connectivity index (χ0) is 41.0. The van der Waals surface area contributed by atoms with Gasteiger partial charge in [0, 0.05) is 19.4 Å². The van der Waals surface area contributed by atoms with Crippen molar-refractivity contribution in [3.63, 3.8) is 0 Å². The third-order valence-corrected chi connectivity index (χ3v) is 11.1. The van der Waals surface area contributed by atoms with Crippen molar-refractivity contribution in [2.75, 3.05) is 6.61 Å². The van der Waals surface area contributed by atoms with Crippen molar-refractivity contribution in [1.29, 1.82) is 5.26 Å². The van der Waals surface area contributed by atoms with Gasteiger partial charge in [0.25, 0.3) is 5.91 Å². The molecule has 13 heteroatoms. The first-order valence-electron chi connectivity index (χ1n) is 18.7. The maximum atomic E-state index is 14.1. The maximum absolute atomic E-state index is 14.1. The van der Waals surface area contributed by atoms with Crippen molar-refractivity contribution >= 4 is 41.0 Å². The third-order valence-electron chi connectivity index (χ3n) is 10.4. The fourth-order valence-electron chi connectivity index (χ4n) is 7.16. The summed E-state index contributed by atoms with van der Waals surface area (Å²) >= 11 is 12.2. The largest absolute Gasteiger partial charge is 0.489 e. The van der Waals surface area contributed by atoms with Gasteiger partial charge in [-0.15, -0.1) is 0 Å². The van der Waals surface area contributed by atoms with E-state index in [1.807, 2.05) is 78.9 Å². The number of carboxylic acids is 1. The third kappa shape index (κ3) is 8.75. The molecule has 0 bridgehead atoms. The van der Waals surface area contributed by atoms with Crippen molar-refractivity contribution < 1.29 is 38.1 Å². The van der Waals surface area contributed by atoms with Crippen LogP contribution in [0.1, 0.15) is 49.8 Å². The number of nitrogens with one attached hydrogen (secondary N) is 1. The number of aliphatic carboxylic acids is 1. The summed E-state index contributed by atoms with van der Waals surface area (Å²) < 4.78 is 23.7. The van der Waals surface area contributed by atoms with Gasteiger partial charge in [-0.1, -0.05) is 77.8 Å². The molecule has 3 atom stereocenters. The molecule has 0 spiro atoms. The molecule has 2 aliphatic rings. The van der Waals surface area contributed by atoms with Crippen molar-refractivity contribution in [2.24, 2.45) is 0 Å². The molecule has 0 saturated heterocycles. The molecule has 2 N–H and O–H groups in total. The molecule has 11 nitrogen and oxygen atoms in total. The molecule has 1 aromatic heterocycles. The van der Waals surface area contributed by atoms with Crippen molar-refractivity contribution in [1.82, 2.24) is 10.2 Å². The number of nitrogens with zero attached hydrogens (tertiary/aromatic N) is 2. The molecule has 5 aromatic carbocycles. The molecule has 8 rings (SSSR count). The standard InChI is InChI=1S/C46H35Cl2N3O8/c47-37-14-5-29(17-38(37)48)24-57-36-12-10-32(11-13-36)43-26-58-41-20-34-19-40(51(23-35(34)21-42(41)59-43)45(53)33-15-16-56-25-33)44(52)50-39(46(54)55)18-27-1-6-30(7-2-27)31-8-3-28(22-49)4-9-31/h1-17,20-21,25,39-40,43H,18-19,23-24,26H2,(H,50,52)(H,54,55)/t39-,40-,43?/m0/s1. The second-order valence-electron chi connectivity index (χ2n) is 14.2. The second kappa shape index (κ2) is 17.0. The fraction of sp³-hybridized carbons (Fsp3) is 0.174. The predicted molar refractivity (Wildman–Crippen MR) is 218 cm³/mol. The Morgan fingerprint density at radius 3 is 2.25 bits per heavy atom. The summed E-state index contributed by atoms with van der Waals surface area (Å²) in [6, 6.07) is 32.4. The molecule has 2 amide bonds. The summed E-state index contributed by atoms with van der Waals surface area (Å²) in [6.45, 7) is 0.606. The van der Waals surface area contributed by atoms with Gasteiger partial charge in [-0.2, -0.15) is 5.26 Å². The summed E-state index contributed by atoms with van der Waals surface area (Å²) in [7, 11) is 0. The average molecular weight is 829 g/mol. The molecule has 3 heterocycles. The number of benzene rings is 5. The van der Waals surface area contributed by atoms with Crippen LogP contribution in [0.2, 0.25) is 10.0 Å². The minimum Gasteiger partial charge on any atom is -0.489 e. The van der Waals surface area contributed by atoms with Crippen molar-refractivity contribution in [3.05, 3.63) is 171 Å². The van der Waals surface area contributed by atoms with Gasteiger partial charge in [0.1, 0.15) is 37.3 Å². The van der Waals surface area contributed by atoms with E-state index in [0.29, 0.717) is 45.0 Å². The van der Waals surface area contributed by atoms with E-state index in [4.69, 9.17) is 47.1 Å². The molecule has 6 aromatic rings. The van der Waals surface area contributed by atoms with Crippen LogP contribution in [0.5, 0.6) is 17.2 Å². The van der Waals surface area contributed by atoms with E-state index >= 15 is 0 Å². The number of rotatable bonds is 11. The van der Waals surface area contributed by atoms with Crippen LogP contribution >= 0.6 is 23.2 Å². The molecular weight excluding hydrogens is 793 g/mol. The first kappa shape index (κ1) is 39.1. The van der Waals surface area contributed by atoms with Gasteiger partial charge in [0.05, 0.1) is 33.5 Å². The highest BCUT2D eigenvalue weighted by molar-refractivity contribution is 6.42. The Kier molecular flexibility index (Phi) is 11.3. The van der Waals surface area contributed by atoms with Gasteiger partial charge in [-0.3, -0.25) is 9.59 Å². The molecule has 2 aliphatic heterocycles. The molecular formula is C46H35Cl2N3O8. The minimum absolute atomic E-state index is 0.0159. The van der Waals surface area contributed by atoms with E-state index in [2.05, 4.69) is 11.4 Å². The average Bonchev–Trinajstić information content (AvgIpc) is 3.81. The molecule has 0 radical (unpaired) electrons. The van der Waals surface area contributed by atoms with Crippen molar-refractivity contribution in [3.8, 4) is 34.4 Å². The van der Waals surface area contributed by atoms with Crippen LogP contribution in [0.4, 0.5) is 0 Å². The zero-order valence-electron chi connectivity index (χ0n) is 31.3. The lowest BCUT2D eigenvalue weighted by Gasteiger charge is -2.37. The molecule has 296 valence electrons. The SMILES string of the molecule is N#Cc1ccc(-c2ccc(C[C@H](NC(=O)[C@@H]3Cc4cc5c(cc4CN3C(=O)c3ccoc3)OC(c3ccc(OCc4ccc(Cl)c(Cl)c4)cc3)CO5)C(=O)O)cc2)cc1. The zero-order valence-corrected chi connectivity index (χ0v) is 32.8. The number of ether oxygens (including phenoxy) is 3. The van der Waals surface area contributed by atoms with Gasteiger partial charge >= 0.3 is 5.97 Å². The quantitative estimate of drug-likeness (QED) is 0.131. The number of halogens is 2. The Hall–Kier alpha value is -6.74. The van der Waals surface area contributed by atoms with Crippen LogP contribution in [-0.2, 0) is 35.6 Å². The molecule has 0 aliphatic carbocycles. The smallest absolute Gasteiger partial charge is 0.326 e. The van der Waals surface area contributed by atoms with Gasteiger partial charge in [-0.05, 0) is 93.5 Å². The normalized spacial score (nSPS) is 16.0. The lowest BCUT2D eigenvalue weighted by atomic mass is 9.91. The molecule has 1 unspecified atom stereocenters. The van der Waals surface area contributed by atoms with Crippen LogP contribution in [0.15, 0.2) is 126 Å². The summed E-state index contributed by atoms with van der Waals surface area (Å²) in [5, 5.41) is 22.9. The highest BCUT2D eigenvalue weighted by Crippen LogP contribution is 2.41. The second-order valence-corrected chi connectivity index (χ2v) is 15.1. The molecule has 59 heavy (non-hydrogen) atoms. The number of fused-ring (bicyclic) bond motifs is 2. The number of amides is 2. The van der Waals surface area contributed by atoms with Crippen LogP contribution in [0.25, 0.3) is 11.1 Å². The Labute approximate surface area is 349 Å². The monoisotopic (exact) mass is 827 g/mol. The minimum atomic E-state index is -1.27. The van der Waals surface area contributed by atoms with E-state index in [1.54, 1.807) is 24.3 Å². The summed E-state index contributed by atoms with van der Waals surface area (Å²) in [5.74, 6) is -0.593. The number of carbonyl (C=O) groups is 3. The van der Waals surface area contributed by atoms with E-state index in [1.165, 1.54) is 23.5 Å². The first-order chi connectivity index (χ1) is 28.6. The first-order valence-corrected chi connectivity index (χ1v) is 19.4. The summed E-state index contributed by atoms with van der Waals surface area (Å²) in [4.78, 5) is 41.8. The topological polar surface area (TPSA) is 151 Å². The highest BCUT2D eigenvalue weighted by Gasteiger charge is 2.38. The van der Waals surface area contributed by atoms with Crippen LogP contribution in [0.3, 0.4) is 0 Å².